The fourth-order valence-corrected chi connectivity index (χ4v) is 2.10. The van der Waals surface area contributed by atoms with Crippen LogP contribution in [0, 0.1) is 6.92 Å². The second-order valence-electron chi connectivity index (χ2n) is 4.77. The number of carbonyl (C=O) groups excluding carboxylic acids is 1. The molecule has 3 rings (SSSR count). The topological polar surface area (TPSA) is 74.8 Å². The van der Waals surface area contributed by atoms with Crippen LogP contribution in [0.25, 0.3) is 10.9 Å². The summed E-state index contributed by atoms with van der Waals surface area (Å²) in [6.07, 6.45) is 1.61. The molecule has 0 saturated heterocycles. The Morgan fingerprint density at radius 2 is 2.00 bits per heavy atom. The summed E-state index contributed by atoms with van der Waals surface area (Å²) in [5, 5.41) is 3.44. The van der Waals surface area contributed by atoms with Crippen LogP contribution < -0.4 is 10.9 Å². The lowest BCUT2D eigenvalue weighted by atomic mass is 10.1. The SMILES string of the molecule is Cc1ccnc(NC(=O)c2cc3ccccc3[nH]c2=O)c1. The molecule has 1 aromatic carbocycles. The minimum absolute atomic E-state index is 0.0667. The molecule has 0 unspecified atom stereocenters. The lowest BCUT2D eigenvalue weighted by Crippen LogP contribution is -2.23. The van der Waals surface area contributed by atoms with Crippen molar-refractivity contribution in [2.75, 3.05) is 5.32 Å². The Balaban J connectivity index is 1.98. The van der Waals surface area contributed by atoms with Crippen molar-refractivity contribution >= 4 is 22.6 Å². The summed E-state index contributed by atoms with van der Waals surface area (Å²) < 4.78 is 0. The van der Waals surface area contributed by atoms with Crippen LogP contribution in [0.5, 0.6) is 0 Å². The standard InChI is InChI=1S/C16H13N3O2/c1-10-6-7-17-14(8-10)19-16(21)12-9-11-4-2-3-5-13(11)18-15(12)20/h2-9H,1H3,(H,18,20)(H,17,19,21). The van der Waals surface area contributed by atoms with Crippen molar-refractivity contribution < 1.29 is 4.79 Å². The Morgan fingerprint density at radius 1 is 1.19 bits per heavy atom. The van der Waals surface area contributed by atoms with Crippen LogP contribution >= 0.6 is 0 Å². The molecule has 0 saturated carbocycles. The van der Waals surface area contributed by atoms with Crippen molar-refractivity contribution in [1.29, 1.82) is 0 Å². The van der Waals surface area contributed by atoms with E-state index in [2.05, 4.69) is 15.3 Å². The number of aryl methyl sites for hydroxylation is 1. The van der Waals surface area contributed by atoms with Gasteiger partial charge in [-0.15, -0.1) is 0 Å². The van der Waals surface area contributed by atoms with E-state index in [1.165, 1.54) is 0 Å². The molecule has 5 nitrogen and oxygen atoms in total. The van der Waals surface area contributed by atoms with Crippen LogP contribution in [-0.4, -0.2) is 15.9 Å². The van der Waals surface area contributed by atoms with Gasteiger partial charge in [-0.1, -0.05) is 18.2 Å². The van der Waals surface area contributed by atoms with E-state index in [9.17, 15) is 9.59 Å². The van der Waals surface area contributed by atoms with Gasteiger partial charge in [0.2, 0.25) is 0 Å². The second-order valence-corrected chi connectivity index (χ2v) is 4.77. The van der Waals surface area contributed by atoms with Crippen molar-refractivity contribution in [3.63, 3.8) is 0 Å². The zero-order valence-electron chi connectivity index (χ0n) is 11.4. The molecular formula is C16H13N3O2. The molecule has 0 fully saturated rings. The van der Waals surface area contributed by atoms with Crippen LogP contribution in [0.4, 0.5) is 5.82 Å². The number of hydrogen-bond donors (Lipinski definition) is 2. The summed E-state index contributed by atoms with van der Waals surface area (Å²) in [5.74, 6) is -0.0485. The number of rotatable bonds is 2. The third-order valence-electron chi connectivity index (χ3n) is 3.16. The highest BCUT2D eigenvalue weighted by molar-refractivity contribution is 6.05. The van der Waals surface area contributed by atoms with Gasteiger partial charge in [-0.3, -0.25) is 9.59 Å². The Labute approximate surface area is 120 Å². The van der Waals surface area contributed by atoms with E-state index in [-0.39, 0.29) is 5.56 Å². The Bertz CT molecular complexity index is 884. The van der Waals surface area contributed by atoms with E-state index in [1.807, 2.05) is 31.2 Å². The number of benzene rings is 1. The highest BCUT2D eigenvalue weighted by Gasteiger charge is 2.12. The highest BCUT2D eigenvalue weighted by Crippen LogP contribution is 2.12. The molecule has 0 aliphatic carbocycles. The van der Waals surface area contributed by atoms with Crippen molar-refractivity contribution in [3.05, 3.63) is 70.1 Å². The molecule has 0 bridgehead atoms. The lowest BCUT2D eigenvalue weighted by Gasteiger charge is -2.05. The average molecular weight is 279 g/mol. The first kappa shape index (κ1) is 13.1. The fraction of sp³-hybridized carbons (Fsp3) is 0.0625. The molecule has 2 aromatic heterocycles. The summed E-state index contributed by atoms with van der Waals surface area (Å²) in [7, 11) is 0. The van der Waals surface area contributed by atoms with Crippen LogP contribution in [0.1, 0.15) is 15.9 Å². The van der Waals surface area contributed by atoms with E-state index in [4.69, 9.17) is 0 Å². The lowest BCUT2D eigenvalue weighted by molar-refractivity contribution is 0.102. The largest absolute Gasteiger partial charge is 0.321 e. The molecule has 104 valence electrons. The number of pyridine rings is 2. The smallest absolute Gasteiger partial charge is 0.262 e. The fourth-order valence-electron chi connectivity index (χ4n) is 2.10. The molecule has 0 aliphatic heterocycles. The maximum absolute atomic E-state index is 12.2. The van der Waals surface area contributed by atoms with Gasteiger partial charge >= 0.3 is 0 Å². The van der Waals surface area contributed by atoms with E-state index in [1.54, 1.807) is 24.4 Å². The molecular weight excluding hydrogens is 266 g/mol. The van der Waals surface area contributed by atoms with Gasteiger partial charge in [0, 0.05) is 11.7 Å². The van der Waals surface area contributed by atoms with E-state index < -0.39 is 11.5 Å². The Kier molecular flexibility index (Phi) is 3.23. The first-order valence-corrected chi connectivity index (χ1v) is 6.49. The van der Waals surface area contributed by atoms with E-state index in [0.717, 1.165) is 10.9 Å². The molecule has 21 heavy (non-hydrogen) atoms. The number of aromatic amines is 1. The third kappa shape index (κ3) is 2.67. The molecule has 0 spiro atoms. The molecule has 3 aromatic rings. The molecule has 1 amide bonds. The number of aromatic nitrogens is 2. The van der Waals surface area contributed by atoms with Gasteiger partial charge in [0.25, 0.3) is 11.5 Å². The predicted octanol–water partition coefficient (Wildman–Crippen LogP) is 2.48. The minimum atomic E-state index is -0.472. The maximum Gasteiger partial charge on any atom is 0.262 e. The molecule has 2 heterocycles. The first-order valence-electron chi connectivity index (χ1n) is 6.49. The van der Waals surface area contributed by atoms with Gasteiger partial charge in [0.1, 0.15) is 11.4 Å². The summed E-state index contributed by atoms with van der Waals surface area (Å²) in [6.45, 7) is 1.90. The van der Waals surface area contributed by atoms with E-state index in [0.29, 0.717) is 11.3 Å². The second kappa shape index (κ2) is 5.20. The number of hydrogen-bond acceptors (Lipinski definition) is 3. The maximum atomic E-state index is 12.2. The normalized spacial score (nSPS) is 10.5. The molecule has 0 radical (unpaired) electrons. The van der Waals surface area contributed by atoms with Crippen LogP contribution in [-0.2, 0) is 0 Å². The Morgan fingerprint density at radius 3 is 2.81 bits per heavy atom. The highest BCUT2D eigenvalue weighted by atomic mass is 16.2. The summed E-state index contributed by atoms with van der Waals surface area (Å²) in [5.41, 5.74) is 1.33. The summed E-state index contributed by atoms with van der Waals surface area (Å²) in [6, 6.07) is 12.5. The van der Waals surface area contributed by atoms with Gasteiger partial charge in [0.15, 0.2) is 0 Å². The van der Waals surface area contributed by atoms with Crippen molar-refractivity contribution in [2.45, 2.75) is 6.92 Å². The summed E-state index contributed by atoms with van der Waals surface area (Å²) in [4.78, 5) is 31.0. The number of amides is 1. The number of H-pyrrole nitrogens is 1. The van der Waals surface area contributed by atoms with Crippen molar-refractivity contribution in [1.82, 2.24) is 9.97 Å². The number of para-hydroxylation sites is 1. The number of nitrogens with zero attached hydrogens (tertiary/aromatic N) is 1. The number of fused-ring (bicyclic) bond motifs is 1. The van der Waals surface area contributed by atoms with Gasteiger partial charge < -0.3 is 10.3 Å². The predicted molar refractivity (Wildman–Crippen MR) is 81.5 cm³/mol. The van der Waals surface area contributed by atoms with Crippen molar-refractivity contribution in [2.24, 2.45) is 0 Å². The first-order chi connectivity index (χ1) is 10.1. The monoisotopic (exact) mass is 279 g/mol. The number of carbonyl (C=O) groups is 1. The van der Waals surface area contributed by atoms with Crippen LogP contribution in [0.3, 0.4) is 0 Å². The van der Waals surface area contributed by atoms with Gasteiger partial charge in [-0.05, 0) is 42.1 Å². The zero-order chi connectivity index (χ0) is 14.8. The van der Waals surface area contributed by atoms with Gasteiger partial charge in [-0.25, -0.2) is 4.98 Å². The number of anilines is 1. The van der Waals surface area contributed by atoms with E-state index >= 15 is 0 Å². The average Bonchev–Trinajstić information content (AvgIpc) is 2.46. The number of nitrogens with one attached hydrogen (secondary N) is 2. The quantitative estimate of drug-likeness (QED) is 0.756. The Hall–Kier alpha value is -2.95. The van der Waals surface area contributed by atoms with Crippen LogP contribution in [0.15, 0.2) is 53.5 Å². The molecule has 0 atom stereocenters. The molecule has 2 N–H and O–H groups in total. The molecule has 5 heteroatoms. The van der Waals surface area contributed by atoms with Crippen molar-refractivity contribution in [3.8, 4) is 0 Å². The zero-order valence-corrected chi connectivity index (χ0v) is 11.4. The minimum Gasteiger partial charge on any atom is -0.321 e. The van der Waals surface area contributed by atoms with Gasteiger partial charge in [-0.2, -0.15) is 0 Å². The molecule has 0 aliphatic rings. The summed E-state index contributed by atoms with van der Waals surface area (Å²) >= 11 is 0. The van der Waals surface area contributed by atoms with Crippen LogP contribution in [0.2, 0.25) is 0 Å². The van der Waals surface area contributed by atoms with Gasteiger partial charge in [0.05, 0.1) is 0 Å². The third-order valence-corrected chi connectivity index (χ3v) is 3.16.